The molecule has 0 fully saturated rings. The van der Waals surface area contributed by atoms with E-state index >= 15 is 0 Å². The molecular weight excluding hydrogens is 402 g/mol. The smallest absolute Gasteiger partial charge is 0.258 e. The summed E-state index contributed by atoms with van der Waals surface area (Å²) in [5.41, 5.74) is 1.69. The minimum Gasteiger partial charge on any atom is -0.483 e. The van der Waals surface area contributed by atoms with Crippen LogP contribution in [0.5, 0.6) is 11.5 Å². The fraction of sp³-hybridized carbons (Fsp3) is 0.304. The number of amides is 1. The van der Waals surface area contributed by atoms with E-state index < -0.39 is 6.04 Å². The van der Waals surface area contributed by atoms with Crippen molar-refractivity contribution in [2.24, 2.45) is 7.05 Å². The van der Waals surface area contributed by atoms with E-state index in [-0.39, 0.29) is 18.1 Å². The topological polar surface area (TPSA) is 65.4 Å². The van der Waals surface area contributed by atoms with Crippen molar-refractivity contribution in [1.29, 1.82) is 0 Å². The molecule has 30 heavy (non-hydrogen) atoms. The Morgan fingerprint density at radius 1 is 1.30 bits per heavy atom. The summed E-state index contributed by atoms with van der Waals surface area (Å²) in [5, 5.41) is 3.65. The highest BCUT2D eigenvalue weighted by molar-refractivity contribution is 6.30. The van der Waals surface area contributed by atoms with Crippen molar-refractivity contribution < 1.29 is 14.3 Å². The van der Waals surface area contributed by atoms with Crippen LogP contribution in [0.15, 0.2) is 54.9 Å². The third-order valence-electron chi connectivity index (χ3n) is 5.04. The predicted octanol–water partition coefficient (Wildman–Crippen LogP) is 4.07. The van der Waals surface area contributed by atoms with Crippen LogP contribution in [0.2, 0.25) is 5.02 Å². The average Bonchev–Trinajstić information content (AvgIpc) is 3.26. The van der Waals surface area contributed by atoms with Gasteiger partial charge in [-0.1, -0.05) is 35.9 Å². The Labute approximate surface area is 180 Å². The van der Waals surface area contributed by atoms with Crippen molar-refractivity contribution in [1.82, 2.24) is 14.9 Å². The summed E-state index contributed by atoms with van der Waals surface area (Å²) in [6.45, 7) is 3.94. The summed E-state index contributed by atoms with van der Waals surface area (Å²) in [7, 11) is 1.89. The van der Waals surface area contributed by atoms with E-state index in [2.05, 4.69) is 10.3 Å². The second-order valence-corrected chi connectivity index (χ2v) is 8.46. The molecule has 4 rings (SSSR count). The molecule has 3 aromatic rings. The van der Waals surface area contributed by atoms with Gasteiger partial charge in [-0.2, -0.15) is 0 Å². The van der Waals surface area contributed by atoms with Crippen LogP contribution in [0, 0.1) is 0 Å². The zero-order valence-corrected chi connectivity index (χ0v) is 17.9. The molecule has 0 saturated carbocycles. The Kier molecular flexibility index (Phi) is 5.43. The largest absolute Gasteiger partial charge is 0.483 e. The molecule has 1 atom stereocenters. The van der Waals surface area contributed by atoms with Crippen LogP contribution in [0.25, 0.3) is 0 Å². The molecule has 1 aliphatic rings. The van der Waals surface area contributed by atoms with E-state index in [9.17, 15) is 4.79 Å². The van der Waals surface area contributed by atoms with Crippen LogP contribution in [-0.4, -0.2) is 27.7 Å². The van der Waals surface area contributed by atoms with Crippen LogP contribution in [0.1, 0.15) is 36.8 Å². The SMILES string of the molecule is Cn1ccnc1C(NC(=O)COc1cccc2c1OC(C)(C)C2)c1ccc(Cl)cc1. The van der Waals surface area contributed by atoms with Crippen LogP contribution in [-0.2, 0) is 18.3 Å². The molecule has 0 radical (unpaired) electrons. The minimum absolute atomic E-state index is 0.130. The maximum Gasteiger partial charge on any atom is 0.258 e. The van der Waals surface area contributed by atoms with E-state index in [1.54, 1.807) is 18.3 Å². The lowest BCUT2D eigenvalue weighted by molar-refractivity contribution is -0.123. The van der Waals surface area contributed by atoms with Crippen molar-refractivity contribution in [2.75, 3.05) is 6.61 Å². The number of fused-ring (bicyclic) bond motifs is 1. The highest BCUT2D eigenvalue weighted by atomic mass is 35.5. The number of ether oxygens (including phenoxy) is 2. The monoisotopic (exact) mass is 425 g/mol. The molecule has 1 N–H and O–H groups in total. The molecule has 0 spiro atoms. The van der Waals surface area contributed by atoms with E-state index in [1.165, 1.54) is 0 Å². The number of nitrogens with one attached hydrogen (secondary N) is 1. The van der Waals surface area contributed by atoms with E-state index in [0.29, 0.717) is 16.5 Å². The fourth-order valence-corrected chi connectivity index (χ4v) is 3.78. The highest BCUT2D eigenvalue weighted by Gasteiger charge is 2.32. The molecule has 0 bridgehead atoms. The van der Waals surface area contributed by atoms with Gasteiger partial charge in [0.15, 0.2) is 18.1 Å². The van der Waals surface area contributed by atoms with Crippen molar-refractivity contribution in [3.05, 3.63) is 76.8 Å². The van der Waals surface area contributed by atoms with Gasteiger partial charge in [-0.05, 0) is 37.6 Å². The Bertz CT molecular complexity index is 1060. The molecular formula is C23H24ClN3O3. The Morgan fingerprint density at radius 2 is 2.07 bits per heavy atom. The van der Waals surface area contributed by atoms with Crippen LogP contribution >= 0.6 is 11.6 Å². The van der Waals surface area contributed by atoms with Gasteiger partial charge in [0, 0.05) is 36.4 Å². The number of hydrogen-bond acceptors (Lipinski definition) is 4. The first-order chi connectivity index (χ1) is 14.3. The molecule has 2 heterocycles. The van der Waals surface area contributed by atoms with Gasteiger partial charge in [-0.15, -0.1) is 0 Å². The third kappa shape index (κ3) is 4.28. The minimum atomic E-state index is -0.421. The van der Waals surface area contributed by atoms with E-state index in [1.807, 2.05) is 62.0 Å². The first-order valence-corrected chi connectivity index (χ1v) is 10.2. The van der Waals surface area contributed by atoms with Crippen molar-refractivity contribution in [3.63, 3.8) is 0 Å². The second kappa shape index (κ2) is 8.03. The molecule has 1 aromatic heterocycles. The predicted molar refractivity (Wildman–Crippen MR) is 115 cm³/mol. The van der Waals surface area contributed by atoms with E-state index in [0.717, 1.165) is 23.4 Å². The number of benzene rings is 2. The summed E-state index contributed by atoms with van der Waals surface area (Å²) < 4.78 is 13.7. The fourth-order valence-electron chi connectivity index (χ4n) is 3.65. The maximum absolute atomic E-state index is 12.8. The third-order valence-corrected chi connectivity index (χ3v) is 5.29. The molecule has 1 amide bonds. The Hall–Kier alpha value is -2.99. The van der Waals surface area contributed by atoms with Gasteiger partial charge < -0.3 is 19.4 Å². The standard InChI is InChI=1S/C23H24ClN3O3/c1-23(2)13-16-5-4-6-18(21(16)30-23)29-14-19(28)26-20(22-25-11-12-27(22)3)15-7-9-17(24)10-8-15/h4-12,20H,13-14H2,1-3H3,(H,26,28). The number of aryl methyl sites for hydroxylation is 1. The number of carbonyl (C=O) groups excluding carboxylic acids is 1. The van der Waals surface area contributed by atoms with Gasteiger partial charge in [0.05, 0.1) is 0 Å². The van der Waals surface area contributed by atoms with Crippen molar-refractivity contribution in [2.45, 2.75) is 31.9 Å². The summed E-state index contributed by atoms with van der Waals surface area (Å²) in [4.78, 5) is 17.2. The number of para-hydroxylation sites is 1. The molecule has 7 heteroatoms. The first-order valence-electron chi connectivity index (χ1n) is 9.78. The molecule has 2 aromatic carbocycles. The molecule has 156 valence electrons. The lowest BCUT2D eigenvalue weighted by Gasteiger charge is -2.20. The Balaban J connectivity index is 1.49. The number of aromatic nitrogens is 2. The summed E-state index contributed by atoms with van der Waals surface area (Å²) in [6.07, 6.45) is 4.35. The maximum atomic E-state index is 12.8. The van der Waals surface area contributed by atoms with Crippen molar-refractivity contribution >= 4 is 17.5 Å². The van der Waals surface area contributed by atoms with E-state index in [4.69, 9.17) is 21.1 Å². The number of carbonyl (C=O) groups is 1. The van der Waals surface area contributed by atoms with Gasteiger partial charge in [0.25, 0.3) is 5.91 Å². The zero-order chi connectivity index (χ0) is 21.3. The summed E-state index contributed by atoms with van der Waals surface area (Å²) in [6, 6.07) is 12.7. The first kappa shape index (κ1) is 20.3. The quantitative estimate of drug-likeness (QED) is 0.646. The summed E-state index contributed by atoms with van der Waals surface area (Å²) in [5.74, 6) is 1.76. The molecule has 1 aliphatic heterocycles. The number of halogens is 1. The van der Waals surface area contributed by atoms with Gasteiger partial charge in [-0.3, -0.25) is 4.79 Å². The average molecular weight is 426 g/mol. The number of nitrogens with zero attached hydrogens (tertiary/aromatic N) is 2. The van der Waals surface area contributed by atoms with Crippen LogP contribution in [0.4, 0.5) is 0 Å². The zero-order valence-electron chi connectivity index (χ0n) is 17.2. The van der Waals surface area contributed by atoms with Crippen molar-refractivity contribution in [3.8, 4) is 11.5 Å². The number of imidazole rings is 1. The second-order valence-electron chi connectivity index (χ2n) is 8.02. The number of hydrogen-bond donors (Lipinski definition) is 1. The van der Waals surface area contributed by atoms with Crippen LogP contribution in [0.3, 0.4) is 0 Å². The molecule has 0 aliphatic carbocycles. The lowest BCUT2D eigenvalue weighted by atomic mass is 10.0. The summed E-state index contributed by atoms with van der Waals surface area (Å²) >= 11 is 6.02. The van der Waals surface area contributed by atoms with Crippen LogP contribution < -0.4 is 14.8 Å². The highest BCUT2D eigenvalue weighted by Crippen LogP contribution is 2.41. The normalized spacial score (nSPS) is 15.2. The van der Waals surface area contributed by atoms with Gasteiger partial charge >= 0.3 is 0 Å². The number of rotatable bonds is 6. The molecule has 0 saturated heterocycles. The van der Waals surface area contributed by atoms with Gasteiger partial charge in [0.2, 0.25) is 0 Å². The lowest BCUT2D eigenvalue weighted by Crippen LogP contribution is -2.34. The Morgan fingerprint density at radius 3 is 2.77 bits per heavy atom. The molecule has 6 nitrogen and oxygen atoms in total. The van der Waals surface area contributed by atoms with Gasteiger partial charge in [0.1, 0.15) is 17.5 Å². The van der Waals surface area contributed by atoms with Gasteiger partial charge in [-0.25, -0.2) is 4.98 Å². The molecule has 1 unspecified atom stereocenters.